The lowest BCUT2D eigenvalue weighted by molar-refractivity contribution is -0.142. The van der Waals surface area contributed by atoms with Crippen LogP contribution in [-0.4, -0.2) is 17.6 Å². The molecule has 1 heterocycles. The summed E-state index contributed by atoms with van der Waals surface area (Å²) in [5, 5.41) is 0.592. The zero-order valence-corrected chi connectivity index (χ0v) is 9.53. The number of hydrogen-bond acceptors (Lipinski definition) is 3. The highest BCUT2D eigenvalue weighted by Crippen LogP contribution is 2.07. The SMILES string of the molecule is CCOC(=O)Cc1c[nH]c2ccccc2c1=O. The van der Waals surface area contributed by atoms with Crippen LogP contribution in [0.25, 0.3) is 10.9 Å². The molecule has 1 N–H and O–H groups in total. The summed E-state index contributed by atoms with van der Waals surface area (Å²) in [6.45, 7) is 2.06. The van der Waals surface area contributed by atoms with E-state index >= 15 is 0 Å². The molecule has 0 fully saturated rings. The van der Waals surface area contributed by atoms with Gasteiger partial charge in [-0.15, -0.1) is 0 Å². The first-order valence-electron chi connectivity index (χ1n) is 5.47. The number of aromatic nitrogens is 1. The van der Waals surface area contributed by atoms with Gasteiger partial charge >= 0.3 is 5.97 Å². The fourth-order valence-corrected chi connectivity index (χ4v) is 1.71. The predicted molar refractivity (Wildman–Crippen MR) is 64.9 cm³/mol. The molecule has 88 valence electrons. The molecule has 4 heteroatoms. The van der Waals surface area contributed by atoms with Crippen molar-refractivity contribution in [3.63, 3.8) is 0 Å². The molecule has 4 nitrogen and oxygen atoms in total. The third-order valence-corrected chi connectivity index (χ3v) is 2.51. The predicted octanol–water partition coefficient (Wildman–Crippen LogP) is 1.63. The summed E-state index contributed by atoms with van der Waals surface area (Å²) in [7, 11) is 0. The van der Waals surface area contributed by atoms with Crippen LogP contribution in [0.2, 0.25) is 0 Å². The Morgan fingerprint density at radius 1 is 1.35 bits per heavy atom. The maximum atomic E-state index is 12.0. The van der Waals surface area contributed by atoms with E-state index in [1.54, 1.807) is 25.3 Å². The van der Waals surface area contributed by atoms with E-state index in [-0.39, 0.29) is 17.8 Å². The van der Waals surface area contributed by atoms with E-state index in [4.69, 9.17) is 4.74 Å². The van der Waals surface area contributed by atoms with E-state index in [2.05, 4.69) is 4.98 Å². The third-order valence-electron chi connectivity index (χ3n) is 2.51. The molecule has 0 amide bonds. The molecule has 0 aliphatic rings. The fraction of sp³-hybridized carbons (Fsp3) is 0.231. The van der Waals surface area contributed by atoms with Crippen molar-refractivity contribution in [2.24, 2.45) is 0 Å². The fourth-order valence-electron chi connectivity index (χ4n) is 1.71. The number of fused-ring (bicyclic) bond motifs is 1. The average Bonchev–Trinajstić information content (AvgIpc) is 2.33. The van der Waals surface area contributed by atoms with Crippen molar-refractivity contribution in [2.45, 2.75) is 13.3 Å². The lowest BCUT2D eigenvalue weighted by Gasteiger charge is -2.03. The normalized spacial score (nSPS) is 10.4. The van der Waals surface area contributed by atoms with Gasteiger partial charge in [-0.2, -0.15) is 0 Å². The Bertz CT molecular complexity index is 601. The summed E-state index contributed by atoms with van der Waals surface area (Å²) in [5.74, 6) is -0.381. The Balaban J connectivity index is 2.39. The van der Waals surface area contributed by atoms with Gasteiger partial charge in [0.05, 0.1) is 13.0 Å². The van der Waals surface area contributed by atoms with Crippen LogP contribution in [0.1, 0.15) is 12.5 Å². The maximum Gasteiger partial charge on any atom is 0.310 e. The molecule has 17 heavy (non-hydrogen) atoms. The molecule has 0 unspecified atom stereocenters. The number of benzene rings is 1. The molecule has 0 radical (unpaired) electrons. The second kappa shape index (κ2) is 4.82. The molecule has 0 bridgehead atoms. The number of rotatable bonds is 3. The first-order valence-corrected chi connectivity index (χ1v) is 5.47. The van der Waals surface area contributed by atoms with Gasteiger partial charge in [0.2, 0.25) is 0 Å². The van der Waals surface area contributed by atoms with Crippen LogP contribution in [0.4, 0.5) is 0 Å². The van der Waals surface area contributed by atoms with Crippen molar-refractivity contribution < 1.29 is 9.53 Å². The molecule has 1 aromatic carbocycles. The van der Waals surface area contributed by atoms with E-state index in [0.29, 0.717) is 17.6 Å². The number of ether oxygens (including phenoxy) is 1. The van der Waals surface area contributed by atoms with Gasteiger partial charge in [-0.25, -0.2) is 0 Å². The Morgan fingerprint density at radius 3 is 2.88 bits per heavy atom. The lowest BCUT2D eigenvalue weighted by atomic mass is 10.1. The zero-order chi connectivity index (χ0) is 12.3. The molecule has 0 saturated carbocycles. The lowest BCUT2D eigenvalue weighted by Crippen LogP contribution is -2.16. The van der Waals surface area contributed by atoms with Crippen molar-refractivity contribution in [3.05, 3.63) is 46.2 Å². The summed E-state index contributed by atoms with van der Waals surface area (Å²) in [4.78, 5) is 26.4. The first kappa shape index (κ1) is 11.4. The Morgan fingerprint density at radius 2 is 2.12 bits per heavy atom. The summed E-state index contributed by atoms with van der Waals surface area (Å²) < 4.78 is 4.82. The van der Waals surface area contributed by atoms with Gasteiger partial charge in [0.1, 0.15) is 0 Å². The average molecular weight is 231 g/mol. The van der Waals surface area contributed by atoms with E-state index < -0.39 is 0 Å². The van der Waals surface area contributed by atoms with E-state index in [9.17, 15) is 9.59 Å². The third kappa shape index (κ3) is 2.36. The minimum Gasteiger partial charge on any atom is -0.466 e. The van der Waals surface area contributed by atoms with Gasteiger partial charge in [-0.05, 0) is 19.1 Å². The molecular weight excluding hydrogens is 218 g/mol. The highest BCUT2D eigenvalue weighted by molar-refractivity contribution is 5.80. The number of aromatic amines is 1. The number of esters is 1. The largest absolute Gasteiger partial charge is 0.466 e. The van der Waals surface area contributed by atoms with Crippen LogP contribution < -0.4 is 5.43 Å². The summed E-state index contributed by atoms with van der Waals surface area (Å²) in [5.41, 5.74) is 1.08. The van der Waals surface area contributed by atoms with Gasteiger partial charge in [-0.3, -0.25) is 9.59 Å². The van der Waals surface area contributed by atoms with Gasteiger partial charge < -0.3 is 9.72 Å². The smallest absolute Gasteiger partial charge is 0.310 e. The molecule has 0 aliphatic carbocycles. The van der Waals surface area contributed by atoms with Crippen molar-refractivity contribution >= 4 is 16.9 Å². The standard InChI is InChI=1S/C13H13NO3/c1-2-17-12(15)7-9-8-14-11-6-4-3-5-10(11)13(9)16/h3-6,8H,2,7H2,1H3,(H,14,16). The molecule has 2 rings (SSSR count). The monoisotopic (exact) mass is 231 g/mol. The number of nitrogens with one attached hydrogen (secondary N) is 1. The van der Waals surface area contributed by atoms with Gasteiger partial charge in [0, 0.05) is 22.7 Å². The molecule has 1 aromatic heterocycles. The van der Waals surface area contributed by atoms with Crippen LogP contribution in [0.15, 0.2) is 35.3 Å². The highest BCUT2D eigenvalue weighted by Gasteiger charge is 2.09. The van der Waals surface area contributed by atoms with Crippen LogP contribution in [0, 0.1) is 0 Å². The maximum absolute atomic E-state index is 12.0. The first-order chi connectivity index (χ1) is 8.22. The minimum absolute atomic E-state index is 0.00794. The van der Waals surface area contributed by atoms with Gasteiger partial charge in [0.25, 0.3) is 0 Å². The summed E-state index contributed by atoms with van der Waals surface area (Å²) in [6, 6.07) is 7.21. The van der Waals surface area contributed by atoms with Crippen LogP contribution >= 0.6 is 0 Å². The Labute approximate surface area is 98.2 Å². The Kier molecular flexibility index (Phi) is 3.23. The number of carbonyl (C=O) groups is 1. The second-order valence-corrected chi connectivity index (χ2v) is 3.67. The molecule has 2 aromatic rings. The summed E-state index contributed by atoms with van der Waals surface area (Å²) in [6.07, 6.45) is 1.58. The molecule has 0 saturated heterocycles. The van der Waals surface area contributed by atoms with Gasteiger partial charge in [0.15, 0.2) is 5.43 Å². The van der Waals surface area contributed by atoms with Crippen LogP contribution in [0.3, 0.4) is 0 Å². The summed E-state index contributed by atoms with van der Waals surface area (Å²) >= 11 is 0. The van der Waals surface area contributed by atoms with E-state index in [0.717, 1.165) is 5.52 Å². The van der Waals surface area contributed by atoms with E-state index in [1.165, 1.54) is 0 Å². The molecule has 0 spiro atoms. The minimum atomic E-state index is -0.381. The zero-order valence-electron chi connectivity index (χ0n) is 9.53. The molecular formula is C13H13NO3. The molecule has 0 aliphatic heterocycles. The van der Waals surface area contributed by atoms with Crippen LogP contribution in [-0.2, 0) is 16.0 Å². The quantitative estimate of drug-likeness (QED) is 0.817. The van der Waals surface area contributed by atoms with Crippen molar-refractivity contribution in [1.29, 1.82) is 0 Å². The topological polar surface area (TPSA) is 59.2 Å². The van der Waals surface area contributed by atoms with Crippen molar-refractivity contribution in [1.82, 2.24) is 4.98 Å². The van der Waals surface area contributed by atoms with Crippen molar-refractivity contribution in [2.75, 3.05) is 6.61 Å². The number of H-pyrrole nitrogens is 1. The van der Waals surface area contributed by atoms with Crippen LogP contribution in [0.5, 0.6) is 0 Å². The second-order valence-electron chi connectivity index (χ2n) is 3.67. The van der Waals surface area contributed by atoms with Crippen molar-refractivity contribution in [3.8, 4) is 0 Å². The number of hydrogen-bond donors (Lipinski definition) is 1. The molecule has 0 atom stereocenters. The Hall–Kier alpha value is -2.10. The van der Waals surface area contributed by atoms with E-state index in [1.807, 2.05) is 12.1 Å². The highest BCUT2D eigenvalue weighted by atomic mass is 16.5. The number of para-hydroxylation sites is 1. The number of pyridine rings is 1. The van der Waals surface area contributed by atoms with Gasteiger partial charge in [-0.1, -0.05) is 12.1 Å². The number of carbonyl (C=O) groups excluding carboxylic acids is 1.